The van der Waals surface area contributed by atoms with Gasteiger partial charge in [-0.3, -0.25) is 0 Å². The third-order valence-electron chi connectivity index (χ3n) is 4.00. The molecule has 0 aliphatic rings. The molecule has 0 fully saturated rings. The van der Waals surface area contributed by atoms with E-state index in [1.807, 2.05) is 48.5 Å². The zero-order valence-electron chi connectivity index (χ0n) is 14.2. The van der Waals surface area contributed by atoms with Crippen LogP contribution < -0.4 is 10.1 Å². The standard InChI is InChI=1S/C21H18BrCl2NO/c1-14-4-2-3-5-20(14)25-12-16-10-18(23)11-19(24)21(16)26-13-15-6-8-17(22)9-7-15/h2-11,25H,12-13H2,1H3. The van der Waals surface area contributed by atoms with Crippen LogP contribution >= 0.6 is 39.1 Å². The van der Waals surface area contributed by atoms with E-state index in [-0.39, 0.29) is 0 Å². The molecule has 2 nitrogen and oxygen atoms in total. The summed E-state index contributed by atoms with van der Waals surface area (Å²) in [6.07, 6.45) is 0. The molecule has 0 amide bonds. The van der Waals surface area contributed by atoms with E-state index >= 15 is 0 Å². The van der Waals surface area contributed by atoms with Crippen LogP contribution in [0.15, 0.2) is 65.1 Å². The number of nitrogens with one attached hydrogen (secondary N) is 1. The molecule has 3 rings (SSSR count). The number of rotatable bonds is 6. The number of hydrogen-bond donors (Lipinski definition) is 1. The van der Waals surface area contributed by atoms with Crippen LogP contribution in [0.1, 0.15) is 16.7 Å². The molecule has 3 aromatic rings. The smallest absolute Gasteiger partial charge is 0.143 e. The van der Waals surface area contributed by atoms with Crippen molar-refractivity contribution in [2.75, 3.05) is 5.32 Å². The lowest BCUT2D eigenvalue weighted by Crippen LogP contribution is -2.05. The molecule has 0 atom stereocenters. The fourth-order valence-electron chi connectivity index (χ4n) is 2.60. The quantitative estimate of drug-likeness (QED) is 0.426. The van der Waals surface area contributed by atoms with E-state index < -0.39 is 0 Å². The molecule has 0 aromatic heterocycles. The summed E-state index contributed by atoms with van der Waals surface area (Å²) in [5.74, 6) is 0.653. The number of halogens is 3. The van der Waals surface area contributed by atoms with Crippen molar-refractivity contribution in [3.05, 3.63) is 91.9 Å². The Morgan fingerprint density at radius 2 is 1.73 bits per heavy atom. The molecule has 0 bridgehead atoms. The highest BCUT2D eigenvalue weighted by molar-refractivity contribution is 9.10. The van der Waals surface area contributed by atoms with Crippen molar-refractivity contribution in [1.29, 1.82) is 0 Å². The Hall–Kier alpha value is -1.68. The van der Waals surface area contributed by atoms with Crippen molar-refractivity contribution in [3.63, 3.8) is 0 Å². The molecule has 0 unspecified atom stereocenters. The molecule has 0 saturated heterocycles. The van der Waals surface area contributed by atoms with Gasteiger partial charge in [-0.2, -0.15) is 0 Å². The predicted molar refractivity (Wildman–Crippen MR) is 113 cm³/mol. The van der Waals surface area contributed by atoms with Gasteiger partial charge in [0, 0.05) is 27.3 Å². The summed E-state index contributed by atoms with van der Waals surface area (Å²) in [6.45, 7) is 3.07. The first-order valence-electron chi connectivity index (χ1n) is 8.17. The van der Waals surface area contributed by atoms with Crippen molar-refractivity contribution in [1.82, 2.24) is 0 Å². The Morgan fingerprint density at radius 1 is 1.00 bits per heavy atom. The molecule has 3 aromatic carbocycles. The third-order valence-corrected chi connectivity index (χ3v) is 5.02. The Morgan fingerprint density at radius 3 is 2.46 bits per heavy atom. The second kappa shape index (κ2) is 8.81. The van der Waals surface area contributed by atoms with E-state index in [2.05, 4.69) is 34.2 Å². The van der Waals surface area contributed by atoms with Gasteiger partial charge in [0.2, 0.25) is 0 Å². The van der Waals surface area contributed by atoms with Gasteiger partial charge >= 0.3 is 0 Å². The molecule has 134 valence electrons. The lowest BCUT2D eigenvalue weighted by Gasteiger charge is -2.16. The van der Waals surface area contributed by atoms with Crippen LogP contribution in [-0.4, -0.2) is 0 Å². The van der Waals surface area contributed by atoms with Crippen LogP contribution in [0, 0.1) is 6.92 Å². The van der Waals surface area contributed by atoms with Crippen LogP contribution in [0.2, 0.25) is 10.0 Å². The number of aryl methyl sites for hydroxylation is 1. The van der Waals surface area contributed by atoms with Gasteiger partial charge in [-0.05, 0) is 48.4 Å². The highest BCUT2D eigenvalue weighted by Crippen LogP contribution is 2.34. The lowest BCUT2D eigenvalue weighted by molar-refractivity contribution is 0.303. The molecule has 0 aliphatic carbocycles. The van der Waals surface area contributed by atoms with Gasteiger partial charge in [-0.15, -0.1) is 0 Å². The highest BCUT2D eigenvalue weighted by Gasteiger charge is 2.12. The topological polar surface area (TPSA) is 21.3 Å². The fraction of sp³-hybridized carbons (Fsp3) is 0.143. The molecule has 5 heteroatoms. The first-order valence-corrected chi connectivity index (χ1v) is 9.72. The minimum absolute atomic E-state index is 0.437. The van der Waals surface area contributed by atoms with Gasteiger partial charge in [-0.1, -0.05) is 69.5 Å². The minimum atomic E-state index is 0.437. The number of para-hydroxylation sites is 1. The third kappa shape index (κ3) is 4.94. The summed E-state index contributed by atoms with van der Waals surface area (Å²) >= 11 is 16.0. The Balaban J connectivity index is 1.78. The van der Waals surface area contributed by atoms with Crippen molar-refractivity contribution in [2.45, 2.75) is 20.1 Å². The molecular formula is C21H18BrCl2NO. The molecule has 0 spiro atoms. The molecule has 0 saturated carbocycles. The van der Waals surface area contributed by atoms with E-state index in [1.54, 1.807) is 6.07 Å². The summed E-state index contributed by atoms with van der Waals surface area (Å²) < 4.78 is 7.06. The van der Waals surface area contributed by atoms with E-state index in [0.717, 1.165) is 21.3 Å². The number of hydrogen-bond acceptors (Lipinski definition) is 2. The van der Waals surface area contributed by atoms with Crippen molar-refractivity contribution < 1.29 is 4.74 Å². The van der Waals surface area contributed by atoms with Crippen molar-refractivity contribution in [2.24, 2.45) is 0 Å². The first kappa shape index (κ1) is 19.1. The molecule has 0 radical (unpaired) electrons. The summed E-state index contributed by atoms with van der Waals surface area (Å²) in [7, 11) is 0. The maximum atomic E-state index is 6.39. The van der Waals surface area contributed by atoms with E-state index in [0.29, 0.717) is 28.9 Å². The average molecular weight is 451 g/mol. The monoisotopic (exact) mass is 449 g/mol. The Bertz CT molecular complexity index is 897. The average Bonchev–Trinajstić information content (AvgIpc) is 2.61. The number of benzene rings is 3. The summed E-state index contributed by atoms with van der Waals surface area (Å²) in [5.41, 5.74) is 4.24. The minimum Gasteiger partial charge on any atom is -0.487 e. The Kier molecular flexibility index (Phi) is 6.47. The van der Waals surface area contributed by atoms with Gasteiger partial charge in [0.1, 0.15) is 12.4 Å². The summed E-state index contributed by atoms with van der Waals surface area (Å²) in [6, 6.07) is 19.7. The van der Waals surface area contributed by atoms with E-state index in [9.17, 15) is 0 Å². The molecule has 1 N–H and O–H groups in total. The zero-order chi connectivity index (χ0) is 18.5. The molecule has 0 heterocycles. The molecule has 0 aliphatic heterocycles. The zero-order valence-corrected chi connectivity index (χ0v) is 17.3. The highest BCUT2D eigenvalue weighted by atomic mass is 79.9. The van der Waals surface area contributed by atoms with Gasteiger partial charge < -0.3 is 10.1 Å². The van der Waals surface area contributed by atoms with Gasteiger partial charge in [0.25, 0.3) is 0 Å². The van der Waals surface area contributed by atoms with Crippen LogP contribution in [-0.2, 0) is 13.2 Å². The normalized spacial score (nSPS) is 10.6. The van der Waals surface area contributed by atoms with Crippen LogP contribution in [0.5, 0.6) is 5.75 Å². The summed E-state index contributed by atoms with van der Waals surface area (Å²) in [5, 5.41) is 4.53. The van der Waals surface area contributed by atoms with Gasteiger partial charge in [0.15, 0.2) is 0 Å². The number of ether oxygens (including phenoxy) is 1. The second-order valence-corrected chi connectivity index (χ2v) is 7.72. The van der Waals surface area contributed by atoms with Crippen molar-refractivity contribution >= 4 is 44.8 Å². The molecule has 26 heavy (non-hydrogen) atoms. The summed E-state index contributed by atoms with van der Waals surface area (Å²) in [4.78, 5) is 0. The maximum absolute atomic E-state index is 6.39. The first-order chi connectivity index (χ1) is 12.5. The van der Waals surface area contributed by atoms with Crippen molar-refractivity contribution in [3.8, 4) is 5.75 Å². The SMILES string of the molecule is Cc1ccccc1NCc1cc(Cl)cc(Cl)c1OCc1ccc(Br)cc1. The lowest BCUT2D eigenvalue weighted by atomic mass is 10.1. The Labute approximate surface area is 172 Å². The van der Waals surface area contributed by atoms with E-state index in [1.165, 1.54) is 5.56 Å². The maximum Gasteiger partial charge on any atom is 0.143 e. The van der Waals surface area contributed by atoms with Crippen LogP contribution in [0.4, 0.5) is 5.69 Å². The van der Waals surface area contributed by atoms with Crippen LogP contribution in [0.3, 0.4) is 0 Å². The van der Waals surface area contributed by atoms with Gasteiger partial charge in [-0.25, -0.2) is 0 Å². The second-order valence-electron chi connectivity index (χ2n) is 5.96. The van der Waals surface area contributed by atoms with Gasteiger partial charge in [0.05, 0.1) is 5.02 Å². The predicted octanol–water partition coefficient (Wildman–Crippen LogP) is 7.26. The molecular weight excluding hydrogens is 433 g/mol. The van der Waals surface area contributed by atoms with E-state index in [4.69, 9.17) is 27.9 Å². The largest absolute Gasteiger partial charge is 0.487 e. The fourth-order valence-corrected chi connectivity index (χ4v) is 3.46. The van der Waals surface area contributed by atoms with Crippen LogP contribution in [0.25, 0.3) is 0 Å². The number of anilines is 1.